The van der Waals surface area contributed by atoms with Gasteiger partial charge >= 0.3 is 0 Å². The molecule has 0 radical (unpaired) electrons. The molecule has 0 bridgehead atoms. The highest BCUT2D eigenvalue weighted by Gasteiger charge is 2.26. The van der Waals surface area contributed by atoms with Crippen molar-refractivity contribution >= 4 is 10.0 Å². The van der Waals surface area contributed by atoms with Crippen LogP contribution in [0.4, 0.5) is 0 Å². The Morgan fingerprint density at radius 1 is 0.885 bits per heavy atom. The molecule has 0 unspecified atom stereocenters. The molecule has 0 saturated carbocycles. The third-order valence-electron chi connectivity index (χ3n) is 4.49. The topological polar surface area (TPSA) is 76.3 Å². The average molecular weight is 369 g/mol. The van der Waals surface area contributed by atoms with Crippen LogP contribution in [0.2, 0.25) is 0 Å². The van der Waals surface area contributed by atoms with Gasteiger partial charge in [-0.05, 0) is 31.0 Å². The minimum atomic E-state index is -3.49. The summed E-state index contributed by atoms with van der Waals surface area (Å²) in [7, 11) is -3.49. The van der Waals surface area contributed by atoms with Gasteiger partial charge in [-0.1, -0.05) is 48.0 Å². The molecule has 1 saturated heterocycles. The van der Waals surface area contributed by atoms with Gasteiger partial charge in [0, 0.05) is 24.2 Å². The van der Waals surface area contributed by atoms with Crippen LogP contribution in [0.3, 0.4) is 0 Å². The lowest BCUT2D eigenvalue weighted by atomic mass is 10.2. The van der Waals surface area contributed by atoms with Crippen LogP contribution >= 0.6 is 0 Å². The fourth-order valence-electron chi connectivity index (χ4n) is 3.09. The normalized spacial score (nSPS) is 15.8. The van der Waals surface area contributed by atoms with Crippen molar-refractivity contribution in [3.63, 3.8) is 0 Å². The molecule has 0 spiro atoms. The lowest BCUT2D eigenvalue weighted by Crippen LogP contribution is -2.35. The molecule has 4 rings (SSSR count). The first-order valence-electron chi connectivity index (χ1n) is 8.64. The van der Waals surface area contributed by atoms with E-state index < -0.39 is 10.0 Å². The van der Waals surface area contributed by atoms with Crippen molar-refractivity contribution in [2.45, 2.75) is 24.2 Å². The molecule has 7 heteroatoms. The molecular weight excluding hydrogens is 350 g/mol. The first kappa shape index (κ1) is 16.9. The van der Waals surface area contributed by atoms with Crippen molar-refractivity contribution in [2.24, 2.45) is 0 Å². The van der Waals surface area contributed by atoms with Gasteiger partial charge in [0.2, 0.25) is 15.8 Å². The maximum atomic E-state index is 12.9. The molecule has 26 heavy (non-hydrogen) atoms. The highest BCUT2D eigenvalue weighted by molar-refractivity contribution is 7.89. The summed E-state index contributed by atoms with van der Waals surface area (Å²) in [6.07, 6.45) is 2.89. The zero-order chi connectivity index (χ0) is 18.0. The minimum Gasteiger partial charge on any atom is -0.334 e. The van der Waals surface area contributed by atoms with E-state index in [1.807, 2.05) is 30.3 Å². The Labute approximate surface area is 152 Å². The highest BCUT2D eigenvalue weighted by Crippen LogP contribution is 2.26. The Balaban J connectivity index is 1.65. The van der Waals surface area contributed by atoms with E-state index in [0.29, 0.717) is 30.4 Å². The smallest absolute Gasteiger partial charge is 0.258 e. The SMILES string of the molecule is O=S(=O)(c1cccc(-c2nc(-c3ccccc3)no2)c1)N1CCCCC1. The van der Waals surface area contributed by atoms with Crippen molar-refractivity contribution in [3.8, 4) is 22.8 Å². The number of piperidine rings is 1. The molecule has 6 nitrogen and oxygen atoms in total. The second kappa shape index (κ2) is 7.01. The molecular formula is C19H19N3O3S. The third kappa shape index (κ3) is 3.27. The summed E-state index contributed by atoms with van der Waals surface area (Å²) in [5, 5.41) is 4.00. The molecule has 1 fully saturated rings. The maximum absolute atomic E-state index is 12.9. The molecule has 0 atom stereocenters. The van der Waals surface area contributed by atoms with E-state index in [1.165, 1.54) is 0 Å². The average Bonchev–Trinajstić information content (AvgIpc) is 3.20. The van der Waals surface area contributed by atoms with E-state index in [9.17, 15) is 8.42 Å². The van der Waals surface area contributed by atoms with Gasteiger partial charge in [0.1, 0.15) is 0 Å². The number of hydrogen-bond donors (Lipinski definition) is 0. The van der Waals surface area contributed by atoms with Crippen molar-refractivity contribution in [2.75, 3.05) is 13.1 Å². The first-order chi connectivity index (χ1) is 12.6. The van der Waals surface area contributed by atoms with E-state index >= 15 is 0 Å². The number of rotatable bonds is 4. The van der Waals surface area contributed by atoms with Gasteiger partial charge in [0.05, 0.1) is 4.90 Å². The Morgan fingerprint density at radius 3 is 2.38 bits per heavy atom. The molecule has 3 aromatic rings. The van der Waals surface area contributed by atoms with Crippen molar-refractivity contribution in [1.82, 2.24) is 14.4 Å². The van der Waals surface area contributed by atoms with Gasteiger partial charge in [-0.3, -0.25) is 0 Å². The van der Waals surface area contributed by atoms with Crippen LogP contribution in [0.5, 0.6) is 0 Å². The fraction of sp³-hybridized carbons (Fsp3) is 0.263. The Kier molecular flexibility index (Phi) is 4.57. The standard InChI is InChI=1S/C19H19N3O3S/c23-26(24,22-12-5-2-6-13-22)17-11-7-10-16(14-17)19-20-18(21-25-19)15-8-3-1-4-9-15/h1,3-4,7-11,14H,2,5-6,12-13H2. The van der Waals surface area contributed by atoms with Crippen molar-refractivity contribution < 1.29 is 12.9 Å². The number of hydrogen-bond acceptors (Lipinski definition) is 5. The third-order valence-corrected chi connectivity index (χ3v) is 6.39. The van der Waals surface area contributed by atoms with Gasteiger partial charge in [-0.25, -0.2) is 8.42 Å². The summed E-state index contributed by atoms with van der Waals surface area (Å²) in [4.78, 5) is 4.66. The molecule has 2 heterocycles. The number of sulfonamides is 1. The van der Waals surface area contributed by atoms with Crippen molar-refractivity contribution in [1.29, 1.82) is 0 Å². The van der Waals surface area contributed by atoms with Gasteiger partial charge in [-0.15, -0.1) is 0 Å². The first-order valence-corrected chi connectivity index (χ1v) is 10.1. The van der Waals surface area contributed by atoms with Gasteiger partial charge in [0.15, 0.2) is 0 Å². The van der Waals surface area contributed by atoms with E-state index in [1.54, 1.807) is 28.6 Å². The quantitative estimate of drug-likeness (QED) is 0.702. The maximum Gasteiger partial charge on any atom is 0.258 e. The Bertz CT molecular complexity index is 994. The monoisotopic (exact) mass is 369 g/mol. The van der Waals surface area contributed by atoms with Crippen LogP contribution in [0.25, 0.3) is 22.8 Å². The molecule has 2 aromatic carbocycles. The van der Waals surface area contributed by atoms with E-state index in [2.05, 4.69) is 10.1 Å². The van der Waals surface area contributed by atoms with Crippen LogP contribution < -0.4 is 0 Å². The van der Waals surface area contributed by atoms with E-state index in [0.717, 1.165) is 24.8 Å². The highest BCUT2D eigenvalue weighted by atomic mass is 32.2. The van der Waals surface area contributed by atoms with E-state index in [-0.39, 0.29) is 4.90 Å². The Morgan fingerprint density at radius 2 is 1.62 bits per heavy atom. The molecule has 0 N–H and O–H groups in total. The second-order valence-corrected chi connectivity index (χ2v) is 8.22. The van der Waals surface area contributed by atoms with Crippen LogP contribution in [0, 0.1) is 0 Å². The van der Waals surface area contributed by atoms with Crippen LogP contribution in [0.15, 0.2) is 64.0 Å². The molecule has 1 aliphatic heterocycles. The summed E-state index contributed by atoms with van der Waals surface area (Å²) in [5.74, 6) is 0.782. The van der Waals surface area contributed by atoms with Crippen LogP contribution in [-0.4, -0.2) is 36.0 Å². The molecule has 1 aliphatic rings. The van der Waals surface area contributed by atoms with Crippen LogP contribution in [-0.2, 0) is 10.0 Å². The van der Waals surface area contributed by atoms with Gasteiger partial charge in [-0.2, -0.15) is 9.29 Å². The largest absolute Gasteiger partial charge is 0.334 e. The summed E-state index contributed by atoms with van der Waals surface area (Å²) < 4.78 is 32.6. The van der Waals surface area contributed by atoms with Crippen LogP contribution in [0.1, 0.15) is 19.3 Å². The zero-order valence-corrected chi connectivity index (χ0v) is 15.0. The second-order valence-electron chi connectivity index (χ2n) is 6.28. The summed E-state index contributed by atoms with van der Waals surface area (Å²) in [5.41, 5.74) is 1.44. The Hall–Kier alpha value is -2.51. The van der Waals surface area contributed by atoms with Crippen molar-refractivity contribution in [3.05, 3.63) is 54.6 Å². The molecule has 0 aliphatic carbocycles. The number of aromatic nitrogens is 2. The summed E-state index contributed by atoms with van der Waals surface area (Å²) in [6, 6.07) is 16.2. The molecule has 134 valence electrons. The van der Waals surface area contributed by atoms with Gasteiger partial charge < -0.3 is 4.52 Å². The summed E-state index contributed by atoms with van der Waals surface area (Å²) in [6.45, 7) is 1.15. The molecule has 1 aromatic heterocycles. The zero-order valence-electron chi connectivity index (χ0n) is 14.2. The summed E-state index contributed by atoms with van der Waals surface area (Å²) >= 11 is 0. The fourth-order valence-corrected chi connectivity index (χ4v) is 4.65. The lowest BCUT2D eigenvalue weighted by molar-refractivity contribution is 0.346. The van der Waals surface area contributed by atoms with E-state index in [4.69, 9.17) is 4.52 Å². The predicted molar refractivity (Wildman–Crippen MR) is 97.8 cm³/mol. The predicted octanol–water partition coefficient (Wildman–Crippen LogP) is 3.58. The lowest BCUT2D eigenvalue weighted by Gasteiger charge is -2.25. The minimum absolute atomic E-state index is 0.261. The molecule has 0 amide bonds. The number of benzene rings is 2. The number of nitrogens with zero attached hydrogens (tertiary/aromatic N) is 3. The van der Waals surface area contributed by atoms with Gasteiger partial charge in [0.25, 0.3) is 5.89 Å².